The van der Waals surface area contributed by atoms with E-state index in [4.69, 9.17) is 16.3 Å². The Morgan fingerprint density at radius 2 is 2.00 bits per heavy atom. The lowest BCUT2D eigenvalue weighted by atomic mass is 9.89. The van der Waals surface area contributed by atoms with Crippen molar-refractivity contribution in [2.75, 3.05) is 19.7 Å². The summed E-state index contributed by atoms with van der Waals surface area (Å²) in [5, 5.41) is 3.98. The monoisotopic (exact) mass is 259 g/mol. The number of nitrogens with one attached hydrogen (secondary N) is 1. The van der Waals surface area contributed by atoms with Crippen LogP contribution in [-0.4, -0.2) is 31.2 Å². The van der Waals surface area contributed by atoms with E-state index in [1.54, 1.807) is 0 Å². The van der Waals surface area contributed by atoms with Crippen molar-refractivity contribution in [3.05, 3.63) is 0 Å². The molecule has 1 saturated heterocycles. The lowest BCUT2D eigenvalue weighted by Crippen LogP contribution is -2.31. The van der Waals surface area contributed by atoms with Gasteiger partial charge < -0.3 is 10.1 Å². The minimum atomic E-state index is 0.411. The number of rotatable bonds is 6. The van der Waals surface area contributed by atoms with Gasteiger partial charge in [0.1, 0.15) is 0 Å². The van der Waals surface area contributed by atoms with E-state index < -0.39 is 0 Å². The molecule has 2 rings (SSSR count). The summed E-state index contributed by atoms with van der Waals surface area (Å²) >= 11 is 6.34. The topological polar surface area (TPSA) is 21.3 Å². The number of halogens is 1. The molecule has 2 fully saturated rings. The molecule has 1 N–H and O–H groups in total. The highest BCUT2D eigenvalue weighted by Crippen LogP contribution is 2.27. The maximum absolute atomic E-state index is 6.34. The van der Waals surface area contributed by atoms with Crippen LogP contribution in [0.15, 0.2) is 0 Å². The van der Waals surface area contributed by atoms with Crippen LogP contribution in [0.3, 0.4) is 0 Å². The highest BCUT2D eigenvalue weighted by atomic mass is 35.5. The molecule has 0 aromatic carbocycles. The van der Waals surface area contributed by atoms with Crippen LogP contribution in [0.5, 0.6) is 0 Å². The second-order valence-electron chi connectivity index (χ2n) is 5.54. The summed E-state index contributed by atoms with van der Waals surface area (Å²) in [4.78, 5) is 0. The molecular weight excluding hydrogens is 234 g/mol. The summed E-state index contributed by atoms with van der Waals surface area (Å²) in [6, 6.07) is 0. The molecule has 100 valence electrons. The van der Waals surface area contributed by atoms with E-state index in [0.29, 0.717) is 17.4 Å². The molecule has 2 aliphatic rings. The van der Waals surface area contributed by atoms with Gasteiger partial charge in [0.15, 0.2) is 0 Å². The third-order valence-corrected chi connectivity index (χ3v) is 4.70. The first kappa shape index (κ1) is 13.6. The molecule has 3 atom stereocenters. The van der Waals surface area contributed by atoms with Gasteiger partial charge in [-0.2, -0.15) is 0 Å². The fraction of sp³-hybridized carbons (Fsp3) is 1.00. The second kappa shape index (κ2) is 7.60. The van der Waals surface area contributed by atoms with Gasteiger partial charge in [-0.05, 0) is 57.5 Å². The molecule has 3 heteroatoms. The summed E-state index contributed by atoms with van der Waals surface area (Å²) in [7, 11) is 0. The van der Waals surface area contributed by atoms with Crippen LogP contribution in [0.25, 0.3) is 0 Å². The quantitative estimate of drug-likeness (QED) is 0.584. The predicted molar refractivity (Wildman–Crippen MR) is 72.7 cm³/mol. The van der Waals surface area contributed by atoms with E-state index >= 15 is 0 Å². The normalized spacial score (nSPS) is 34.1. The predicted octanol–water partition coefficient (Wildman–Crippen LogP) is 3.33. The standard InChI is InChI=1S/C14H26ClNO/c15-14-8-2-1-5-12(14)11-16-9-3-6-13-7-4-10-17-13/h12-14,16H,1-11H2. The zero-order chi connectivity index (χ0) is 11.9. The fourth-order valence-corrected chi connectivity index (χ4v) is 3.38. The van der Waals surface area contributed by atoms with Crippen molar-refractivity contribution in [1.82, 2.24) is 5.32 Å². The van der Waals surface area contributed by atoms with Crippen molar-refractivity contribution in [2.45, 2.75) is 62.8 Å². The minimum Gasteiger partial charge on any atom is -0.378 e. The SMILES string of the molecule is ClC1CCCCC1CNCCCC1CCCO1. The van der Waals surface area contributed by atoms with Gasteiger partial charge in [0, 0.05) is 12.0 Å². The zero-order valence-corrected chi connectivity index (χ0v) is 11.6. The smallest absolute Gasteiger partial charge is 0.0576 e. The number of ether oxygens (including phenoxy) is 1. The number of alkyl halides is 1. The van der Waals surface area contributed by atoms with Crippen LogP contribution in [0.1, 0.15) is 51.4 Å². The van der Waals surface area contributed by atoms with Crippen molar-refractivity contribution in [3.63, 3.8) is 0 Å². The number of hydrogen-bond donors (Lipinski definition) is 1. The maximum atomic E-state index is 6.34. The first-order chi connectivity index (χ1) is 8.36. The van der Waals surface area contributed by atoms with Gasteiger partial charge in [0.2, 0.25) is 0 Å². The van der Waals surface area contributed by atoms with Gasteiger partial charge in [-0.25, -0.2) is 0 Å². The first-order valence-corrected chi connectivity index (χ1v) is 7.76. The van der Waals surface area contributed by atoms with Crippen LogP contribution >= 0.6 is 11.6 Å². The van der Waals surface area contributed by atoms with E-state index in [9.17, 15) is 0 Å². The summed E-state index contributed by atoms with van der Waals surface area (Å²) in [5.74, 6) is 0.702. The Balaban J connectivity index is 1.47. The Morgan fingerprint density at radius 3 is 2.76 bits per heavy atom. The van der Waals surface area contributed by atoms with Gasteiger partial charge in [0.05, 0.1) is 6.10 Å². The van der Waals surface area contributed by atoms with Gasteiger partial charge in [-0.1, -0.05) is 12.8 Å². The Hall–Kier alpha value is 0.210. The van der Waals surface area contributed by atoms with Crippen LogP contribution in [-0.2, 0) is 4.74 Å². The second-order valence-corrected chi connectivity index (χ2v) is 6.10. The molecule has 0 aromatic heterocycles. The average Bonchev–Trinajstić information content (AvgIpc) is 2.84. The molecule has 17 heavy (non-hydrogen) atoms. The Bertz CT molecular complexity index is 206. The molecule has 1 aliphatic carbocycles. The van der Waals surface area contributed by atoms with E-state index in [1.807, 2.05) is 0 Å². The van der Waals surface area contributed by atoms with Crippen molar-refractivity contribution in [2.24, 2.45) is 5.92 Å². The van der Waals surface area contributed by atoms with Crippen molar-refractivity contribution >= 4 is 11.6 Å². The molecule has 3 unspecified atom stereocenters. The molecule has 0 radical (unpaired) electrons. The van der Waals surface area contributed by atoms with Gasteiger partial charge in [-0.3, -0.25) is 0 Å². The third kappa shape index (κ3) is 4.76. The molecule has 0 spiro atoms. The van der Waals surface area contributed by atoms with Gasteiger partial charge in [0.25, 0.3) is 0 Å². The van der Waals surface area contributed by atoms with Crippen LogP contribution in [0.4, 0.5) is 0 Å². The van der Waals surface area contributed by atoms with Crippen LogP contribution in [0, 0.1) is 5.92 Å². The van der Waals surface area contributed by atoms with Crippen LogP contribution in [0.2, 0.25) is 0 Å². The molecule has 0 aromatic rings. The van der Waals surface area contributed by atoms with E-state index in [0.717, 1.165) is 19.7 Å². The highest BCUT2D eigenvalue weighted by molar-refractivity contribution is 6.20. The van der Waals surface area contributed by atoms with Crippen molar-refractivity contribution in [3.8, 4) is 0 Å². The van der Waals surface area contributed by atoms with E-state index in [-0.39, 0.29) is 0 Å². The molecule has 1 saturated carbocycles. The average molecular weight is 260 g/mol. The zero-order valence-electron chi connectivity index (χ0n) is 10.8. The number of hydrogen-bond acceptors (Lipinski definition) is 2. The van der Waals surface area contributed by atoms with Crippen molar-refractivity contribution < 1.29 is 4.74 Å². The molecule has 2 nitrogen and oxygen atoms in total. The third-order valence-electron chi connectivity index (χ3n) is 4.13. The fourth-order valence-electron chi connectivity index (χ4n) is 3.01. The summed E-state index contributed by atoms with van der Waals surface area (Å²) in [5.41, 5.74) is 0. The summed E-state index contributed by atoms with van der Waals surface area (Å²) in [6.45, 7) is 3.22. The molecule has 1 aliphatic heterocycles. The molecule has 0 amide bonds. The molecule has 0 bridgehead atoms. The first-order valence-electron chi connectivity index (χ1n) is 7.32. The maximum Gasteiger partial charge on any atom is 0.0576 e. The van der Waals surface area contributed by atoms with E-state index in [2.05, 4.69) is 5.32 Å². The highest BCUT2D eigenvalue weighted by Gasteiger charge is 2.22. The molecular formula is C14H26ClNO. The minimum absolute atomic E-state index is 0.411. The lowest BCUT2D eigenvalue weighted by Gasteiger charge is -2.27. The van der Waals surface area contributed by atoms with Gasteiger partial charge in [-0.15, -0.1) is 11.6 Å². The van der Waals surface area contributed by atoms with Gasteiger partial charge >= 0.3 is 0 Å². The Labute approximate surface area is 110 Å². The Kier molecular flexibility index (Phi) is 6.10. The van der Waals surface area contributed by atoms with Crippen LogP contribution < -0.4 is 5.32 Å². The largest absolute Gasteiger partial charge is 0.378 e. The summed E-state index contributed by atoms with van der Waals surface area (Å²) in [6.07, 6.45) is 10.8. The van der Waals surface area contributed by atoms with E-state index in [1.165, 1.54) is 51.4 Å². The Morgan fingerprint density at radius 1 is 1.12 bits per heavy atom. The van der Waals surface area contributed by atoms with Crippen molar-refractivity contribution in [1.29, 1.82) is 0 Å². The lowest BCUT2D eigenvalue weighted by molar-refractivity contribution is 0.102. The molecule has 1 heterocycles. The summed E-state index contributed by atoms with van der Waals surface area (Å²) < 4.78 is 5.62.